The standard InChI is InChI=1S/C14H14ClNO3/c15-9-3-5-10(6-4-9)16-13(17)8-11(14(16)18)12-2-1-7-19-12/h3-6,11-12H,1-2,7-8H2/t11-,12-/m0/s1. The lowest BCUT2D eigenvalue weighted by atomic mass is 9.98. The SMILES string of the molecule is O=C1C[C@@H]([C@@H]2CCCO2)C(=O)N1c1ccc(Cl)cc1. The van der Waals surface area contributed by atoms with E-state index in [-0.39, 0.29) is 30.3 Å². The molecule has 0 unspecified atom stereocenters. The second kappa shape index (κ2) is 4.94. The summed E-state index contributed by atoms with van der Waals surface area (Å²) in [6.45, 7) is 0.684. The fourth-order valence-electron chi connectivity index (χ4n) is 2.73. The zero-order valence-corrected chi connectivity index (χ0v) is 11.1. The van der Waals surface area contributed by atoms with E-state index in [9.17, 15) is 9.59 Å². The number of nitrogens with zero attached hydrogens (tertiary/aromatic N) is 1. The quantitative estimate of drug-likeness (QED) is 0.781. The van der Waals surface area contributed by atoms with E-state index in [0.717, 1.165) is 12.8 Å². The molecule has 2 amide bonds. The highest BCUT2D eigenvalue weighted by Gasteiger charge is 2.44. The molecular weight excluding hydrogens is 266 g/mol. The molecule has 2 heterocycles. The number of hydrogen-bond acceptors (Lipinski definition) is 3. The molecule has 5 heteroatoms. The highest BCUT2D eigenvalue weighted by Crippen LogP contribution is 2.33. The van der Waals surface area contributed by atoms with Gasteiger partial charge in [0.1, 0.15) is 0 Å². The van der Waals surface area contributed by atoms with E-state index >= 15 is 0 Å². The molecule has 3 rings (SSSR count). The summed E-state index contributed by atoms with van der Waals surface area (Å²) in [5.74, 6) is -0.641. The first-order valence-electron chi connectivity index (χ1n) is 6.41. The largest absolute Gasteiger partial charge is 0.377 e. The van der Waals surface area contributed by atoms with Crippen LogP contribution in [0.15, 0.2) is 24.3 Å². The lowest BCUT2D eigenvalue weighted by Gasteiger charge is -2.17. The van der Waals surface area contributed by atoms with Gasteiger partial charge in [0.25, 0.3) is 0 Å². The van der Waals surface area contributed by atoms with Crippen molar-refractivity contribution in [3.63, 3.8) is 0 Å². The van der Waals surface area contributed by atoms with Crippen molar-refractivity contribution in [1.82, 2.24) is 0 Å². The molecule has 0 N–H and O–H groups in total. The maximum absolute atomic E-state index is 12.4. The van der Waals surface area contributed by atoms with Crippen LogP contribution in [0, 0.1) is 5.92 Å². The highest BCUT2D eigenvalue weighted by molar-refractivity contribution is 6.30. The van der Waals surface area contributed by atoms with Crippen LogP contribution in [0.3, 0.4) is 0 Å². The first-order chi connectivity index (χ1) is 9.16. The fraction of sp³-hybridized carbons (Fsp3) is 0.429. The Balaban J connectivity index is 1.84. The molecule has 0 spiro atoms. The summed E-state index contributed by atoms with van der Waals surface area (Å²) in [5, 5.41) is 0.582. The summed E-state index contributed by atoms with van der Waals surface area (Å²) in [6, 6.07) is 6.74. The third kappa shape index (κ3) is 2.26. The van der Waals surface area contributed by atoms with Crippen molar-refractivity contribution >= 4 is 29.1 Å². The number of imide groups is 1. The van der Waals surface area contributed by atoms with Crippen molar-refractivity contribution in [2.75, 3.05) is 11.5 Å². The van der Waals surface area contributed by atoms with Crippen LogP contribution in [0.25, 0.3) is 0 Å². The van der Waals surface area contributed by atoms with Gasteiger partial charge >= 0.3 is 0 Å². The van der Waals surface area contributed by atoms with Gasteiger partial charge in [-0.2, -0.15) is 0 Å². The predicted octanol–water partition coefficient (Wildman–Crippen LogP) is 2.40. The minimum absolute atomic E-state index is 0.103. The molecule has 1 aromatic rings. The van der Waals surface area contributed by atoms with Gasteiger partial charge in [-0.1, -0.05) is 11.6 Å². The number of anilines is 1. The minimum atomic E-state index is -0.328. The minimum Gasteiger partial charge on any atom is -0.377 e. The van der Waals surface area contributed by atoms with Gasteiger partial charge < -0.3 is 4.74 Å². The van der Waals surface area contributed by atoms with Gasteiger partial charge in [0.15, 0.2) is 0 Å². The number of carbonyl (C=O) groups is 2. The lowest BCUT2D eigenvalue weighted by Crippen LogP contribution is -2.33. The van der Waals surface area contributed by atoms with E-state index in [0.29, 0.717) is 17.3 Å². The van der Waals surface area contributed by atoms with E-state index in [1.807, 2.05) is 0 Å². The second-order valence-electron chi connectivity index (χ2n) is 4.91. The van der Waals surface area contributed by atoms with Gasteiger partial charge in [0, 0.05) is 18.1 Å². The van der Waals surface area contributed by atoms with Gasteiger partial charge in [0.2, 0.25) is 11.8 Å². The number of ether oxygens (including phenoxy) is 1. The van der Waals surface area contributed by atoms with Crippen LogP contribution in [0.4, 0.5) is 5.69 Å². The normalized spacial score (nSPS) is 27.3. The topological polar surface area (TPSA) is 46.6 Å². The lowest BCUT2D eigenvalue weighted by molar-refractivity contribution is -0.124. The zero-order valence-electron chi connectivity index (χ0n) is 10.3. The first kappa shape index (κ1) is 12.6. The maximum Gasteiger partial charge on any atom is 0.240 e. The molecule has 2 aliphatic rings. The summed E-state index contributed by atoms with van der Waals surface area (Å²) < 4.78 is 5.54. The molecule has 4 nitrogen and oxygen atoms in total. The number of rotatable bonds is 2. The molecule has 0 bridgehead atoms. The molecule has 2 aliphatic heterocycles. The third-order valence-electron chi connectivity index (χ3n) is 3.68. The molecule has 0 saturated carbocycles. The molecule has 100 valence electrons. The Morgan fingerprint density at radius 3 is 2.58 bits per heavy atom. The summed E-state index contributed by atoms with van der Waals surface area (Å²) >= 11 is 5.82. The van der Waals surface area contributed by atoms with Gasteiger partial charge in [-0.25, -0.2) is 0 Å². The Hall–Kier alpha value is -1.39. The van der Waals surface area contributed by atoms with E-state index in [2.05, 4.69) is 0 Å². The van der Waals surface area contributed by atoms with E-state index < -0.39 is 0 Å². The van der Waals surface area contributed by atoms with Gasteiger partial charge in [0.05, 0.1) is 17.7 Å². The fourth-order valence-corrected chi connectivity index (χ4v) is 2.85. The molecule has 2 saturated heterocycles. The van der Waals surface area contributed by atoms with Crippen LogP contribution < -0.4 is 4.90 Å². The van der Waals surface area contributed by atoms with Gasteiger partial charge in [-0.15, -0.1) is 0 Å². The van der Waals surface area contributed by atoms with Crippen molar-refractivity contribution in [1.29, 1.82) is 0 Å². The number of carbonyl (C=O) groups excluding carboxylic acids is 2. The average Bonchev–Trinajstić information content (AvgIpc) is 3.00. The summed E-state index contributed by atoms with van der Waals surface area (Å²) in [4.78, 5) is 25.7. The van der Waals surface area contributed by atoms with E-state index in [1.54, 1.807) is 24.3 Å². The molecule has 2 atom stereocenters. The molecule has 0 radical (unpaired) electrons. The maximum atomic E-state index is 12.4. The van der Waals surface area contributed by atoms with Crippen LogP contribution in [-0.4, -0.2) is 24.5 Å². The van der Waals surface area contributed by atoms with Crippen molar-refractivity contribution in [3.8, 4) is 0 Å². The van der Waals surface area contributed by atoms with Crippen LogP contribution in [0.1, 0.15) is 19.3 Å². The second-order valence-corrected chi connectivity index (χ2v) is 5.34. The average molecular weight is 280 g/mol. The highest BCUT2D eigenvalue weighted by atomic mass is 35.5. The van der Waals surface area contributed by atoms with E-state index in [1.165, 1.54) is 4.90 Å². The molecular formula is C14H14ClNO3. The monoisotopic (exact) mass is 279 g/mol. The Labute approximate surface area is 116 Å². The van der Waals surface area contributed by atoms with Crippen LogP contribution in [0.2, 0.25) is 5.02 Å². The number of halogens is 1. The number of hydrogen-bond donors (Lipinski definition) is 0. The van der Waals surface area contributed by atoms with Gasteiger partial charge in [-0.05, 0) is 37.1 Å². The Morgan fingerprint density at radius 2 is 1.95 bits per heavy atom. The number of amides is 2. The Kier molecular flexibility index (Phi) is 3.29. The molecule has 0 aromatic heterocycles. The molecule has 2 fully saturated rings. The van der Waals surface area contributed by atoms with Gasteiger partial charge in [-0.3, -0.25) is 14.5 Å². The smallest absolute Gasteiger partial charge is 0.240 e. The van der Waals surface area contributed by atoms with Crippen molar-refractivity contribution < 1.29 is 14.3 Å². The molecule has 0 aliphatic carbocycles. The Morgan fingerprint density at radius 1 is 1.21 bits per heavy atom. The molecule has 19 heavy (non-hydrogen) atoms. The third-order valence-corrected chi connectivity index (χ3v) is 3.93. The Bertz CT molecular complexity index is 508. The van der Waals surface area contributed by atoms with Crippen LogP contribution >= 0.6 is 11.6 Å². The van der Waals surface area contributed by atoms with Crippen LogP contribution in [-0.2, 0) is 14.3 Å². The van der Waals surface area contributed by atoms with Crippen LogP contribution in [0.5, 0.6) is 0 Å². The summed E-state index contributed by atoms with van der Waals surface area (Å²) in [5.41, 5.74) is 0.583. The molecule has 1 aromatic carbocycles. The first-order valence-corrected chi connectivity index (χ1v) is 6.78. The van der Waals surface area contributed by atoms with Crippen molar-refractivity contribution in [3.05, 3.63) is 29.3 Å². The van der Waals surface area contributed by atoms with Crippen molar-refractivity contribution in [2.24, 2.45) is 5.92 Å². The predicted molar refractivity (Wildman–Crippen MR) is 71.0 cm³/mol. The van der Waals surface area contributed by atoms with E-state index in [4.69, 9.17) is 16.3 Å². The zero-order chi connectivity index (χ0) is 13.4. The van der Waals surface area contributed by atoms with Crippen molar-refractivity contribution in [2.45, 2.75) is 25.4 Å². The summed E-state index contributed by atoms with van der Waals surface area (Å²) in [6.07, 6.45) is 1.96. The summed E-state index contributed by atoms with van der Waals surface area (Å²) in [7, 11) is 0. The number of benzene rings is 1.